The number of hydrogen-bond acceptors (Lipinski definition) is 3. The number of hydrogen-bond donors (Lipinski definition) is 2. The summed E-state index contributed by atoms with van der Waals surface area (Å²) in [7, 11) is 1.77. The lowest BCUT2D eigenvalue weighted by molar-refractivity contribution is -0.138. The Morgan fingerprint density at radius 1 is 1.20 bits per heavy atom. The Kier molecular flexibility index (Phi) is 9.29. The maximum atomic E-state index is 13.3. The van der Waals surface area contributed by atoms with E-state index in [0.29, 0.717) is 13.0 Å². The van der Waals surface area contributed by atoms with E-state index in [1.807, 2.05) is 0 Å². The van der Waals surface area contributed by atoms with E-state index >= 15 is 0 Å². The second kappa shape index (κ2) is 9.87. The fourth-order valence-electron chi connectivity index (χ4n) is 2.10. The summed E-state index contributed by atoms with van der Waals surface area (Å²) >= 11 is 0. The fraction of sp³-hybridized carbons (Fsp3) is 0.588. The molecule has 0 unspecified atom stereocenters. The molecule has 0 bridgehead atoms. The highest BCUT2D eigenvalue weighted by molar-refractivity contribution is 5.85. The molecule has 0 aliphatic carbocycles. The van der Waals surface area contributed by atoms with Crippen molar-refractivity contribution < 1.29 is 22.7 Å². The molecule has 0 aliphatic heterocycles. The summed E-state index contributed by atoms with van der Waals surface area (Å²) in [4.78, 5) is 11.7. The molecule has 0 aliphatic rings. The van der Waals surface area contributed by atoms with E-state index in [0.717, 1.165) is 6.07 Å². The summed E-state index contributed by atoms with van der Waals surface area (Å²) in [6.45, 7) is 5.81. The van der Waals surface area contributed by atoms with Gasteiger partial charge in [0.1, 0.15) is 11.4 Å². The molecule has 0 spiro atoms. The molecule has 0 radical (unpaired) electrons. The van der Waals surface area contributed by atoms with Gasteiger partial charge in [0.05, 0.1) is 5.56 Å². The molecule has 1 aromatic rings. The predicted octanol–water partition coefficient (Wildman–Crippen LogP) is 3.92. The zero-order chi connectivity index (χ0) is 18.4. The number of halogens is 4. The first-order chi connectivity index (χ1) is 11.0. The van der Waals surface area contributed by atoms with E-state index in [2.05, 4.69) is 10.6 Å². The minimum Gasteiger partial charge on any atom is -0.488 e. The first kappa shape index (κ1) is 23.5. The summed E-state index contributed by atoms with van der Waals surface area (Å²) in [5.41, 5.74) is -1.36. The third kappa shape index (κ3) is 8.97. The van der Waals surface area contributed by atoms with Crippen LogP contribution in [0.2, 0.25) is 0 Å². The van der Waals surface area contributed by atoms with Gasteiger partial charge in [-0.25, -0.2) is 0 Å². The minimum absolute atomic E-state index is 0. The first-order valence-electron chi connectivity index (χ1n) is 7.83. The van der Waals surface area contributed by atoms with Gasteiger partial charge in [0.2, 0.25) is 5.91 Å². The molecule has 4 nitrogen and oxygen atoms in total. The van der Waals surface area contributed by atoms with Gasteiger partial charge >= 0.3 is 6.18 Å². The van der Waals surface area contributed by atoms with E-state index < -0.39 is 17.3 Å². The van der Waals surface area contributed by atoms with Crippen LogP contribution in [0.25, 0.3) is 0 Å². The largest absolute Gasteiger partial charge is 0.488 e. The Balaban J connectivity index is 0.00000576. The van der Waals surface area contributed by atoms with E-state index in [1.54, 1.807) is 27.8 Å². The van der Waals surface area contributed by atoms with Crippen LogP contribution in [0.15, 0.2) is 18.2 Å². The number of carbonyl (C=O) groups excluding carboxylic acids is 1. The van der Waals surface area contributed by atoms with Crippen molar-refractivity contribution >= 4 is 18.3 Å². The summed E-state index contributed by atoms with van der Waals surface area (Å²) < 4.78 is 45.3. The monoisotopic (exact) mass is 382 g/mol. The van der Waals surface area contributed by atoms with E-state index in [-0.39, 0.29) is 42.6 Å². The first-order valence-corrected chi connectivity index (χ1v) is 7.83. The SMILES string of the molecule is CNCCCC(=O)NCc1ccc(OC(C)(C)C)cc1C(F)(F)F.Cl. The maximum Gasteiger partial charge on any atom is 0.416 e. The van der Waals surface area contributed by atoms with Gasteiger partial charge in [-0.05, 0) is 58.5 Å². The van der Waals surface area contributed by atoms with Crippen LogP contribution in [-0.2, 0) is 17.5 Å². The standard InChI is InChI=1S/C17H25F3N2O2.ClH/c1-16(2,3)24-13-8-7-12(14(10-13)17(18,19)20)11-22-15(23)6-5-9-21-4;/h7-8,10,21H,5-6,9,11H2,1-4H3,(H,22,23);1H. The van der Waals surface area contributed by atoms with Gasteiger partial charge in [-0.3, -0.25) is 4.79 Å². The van der Waals surface area contributed by atoms with Gasteiger partial charge in [0.15, 0.2) is 0 Å². The summed E-state index contributed by atoms with van der Waals surface area (Å²) in [6.07, 6.45) is -3.61. The highest BCUT2D eigenvalue weighted by Crippen LogP contribution is 2.35. The lowest BCUT2D eigenvalue weighted by Gasteiger charge is -2.23. The third-order valence-corrected chi connectivity index (χ3v) is 3.12. The smallest absolute Gasteiger partial charge is 0.416 e. The number of nitrogens with one attached hydrogen (secondary N) is 2. The van der Waals surface area contributed by atoms with E-state index in [9.17, 15) is 18.0 Å². The van der Waals surface area contributed by atoms with Crippen molar-refractivity contribution in [2.24, 2.45) is 0 Å². The molecule has 0 fully saturated rings. The van der Waals surface area contributed by atoms with Gasteiger partial charge in [0.25, 0.3) is 0 Å². The molecule has 1 aromatic carbocycles. The number of ether oxygens (including phenoxy) is 1. The number of benzene rings is 1. The van der Waals surface area contributed by atoms with Crippen molar-refractivity contribution in [1.82, 2.24) is 10.6 Å². The fourth-order valence-corrected chi connectivity index (χ4v) is 2.10. The Hall–Kier alpha value is -1.47. The van der Waals surface area contributed by atoms with Gasteiger partial charge < -0.3 is 15.4 Å². The zero-order valence-corrected chi connectivity index (χ0v) is 15.7. The molecule has 0 saturated heterocycles. The van der Waals surface area contributed by atoms with E-state index in [4.69, 9.17) is 4.74 Å². The number of carbonyl (C=O) groups is 1. The number of alkyl halides is 3. The van der Waals surface area contributed by atoms with Crippen molar-refractivity contribution in [1.29, 1.82) is 0 Å². The molecule has 8 heteroatoms. The van der Waals surface area contributed by atoms with Crippen LogP contribution < -0.4 is 15.4 Å². The van der Waals surface area contributed by atoms with E-state index in [1.165, 1.54) is 12.1 Å². The molecular weight excluding hydrogens is 357 g/mol. The van der Waals surface area contributed by atoms with Gasteiger partial charge in [-0.15, -0.1) is 12.4 Å². The summed E-state index contributed by atoms with van der Waals surface area (Å²) in [6, 6.07) is 3.81. The van der Waals surface area contributed by atoms with Crippen LogP contribution >= 0.6 is 12.4 Å². The van der Waals surface area contributed by atoms with Gasteiger partial charge in [-0.1, -0.05) is 6.07 Å². The van der Waals surface area contributed by atoms with Crippen molar-refractivity contribution in [3.05, 3.63) is 29.3 Å². The molecular formula is C17H26ClF3N2O2. The minimum atomic E-state index is -4.51. The highest BCUT2D eigenvalue weighted by atomic mass is 35.5. The van der Waals surface area contributed by atoms with Crippen LogP contribution in [0, 0.1) is 0 Å². The quantitative estimate of drug-likeness (QED) is 0.703. The highest BCUT2D eigenvalue weighted by Gasteiger charge is 2.34. The number of rotatable bonds is 7. The lowest BCUT2D eigenvalue weighted by Crippen LogP contribution is -2.26. The van der Waals surface area contributed by atoms with Crippen molar-refractivity contribution in [2.45, 2.75) is 51.9 Å². The summed E-state index contributed by atoms with van der Waals surface area (Å²) in [5, 5.41) is 5.44. The molecule has 1 rings (SSSR count). The Morgan fingerprint density at radius 2 is 1.84 bits per heavy atom. The molecule has 0 saturated carbocycles. The zero-order valence-electron chi connectivity index (χ0n) is 14.9. The van der Waals surface area contributed by atoms with Crippen LogP contribution in [0.5, 0.6) is 5.75 Å². The second-order valence-corrected chi connectivity index (χ2v) is 6.51. The average molecular weight is 383 g/mol. The van der Waals surface area contributed by atoms with Crippen LogP contribution in [0.4, 0.5) is 13.2 Å². The Bertz CT molecular complexity index is 558. The normalized spacial score (nSPS) is 11.6. The topological polar surface area (TPSA) is 50.4 Å². The van der Waals surface area contributed by atoms with Crippen molar-refractivity contribution in [3.8, 4) is 5.75 Å². The Labute approximate surface area is 152 Å². The van der Waals surface area contributed by atoms with Crippen LogP contribution in [-0.4, -0.2) is 25.1 Å². The lowest BCUT2D eigenvalue weighted by atomic mass is 10.1. The molecule has 0 aromatic heterocycles. The predicted molar refractivity (Wildman–Crippen MR) is 94.1 cm³/mol. The second-order valence-electron chi connectivity index (χ2n) is 6.51. The molecule has 0 atom stereocenters. The molecule has 25 heavy (non-hydrogen) atoms. The summed E-state index contributed by atoms with van der Waals surface area (Å²) in [5.74, 6) is -0.118. The third-order valence-electron chi connectivity index (χ3n) is 3.12. The van der Waals surface area contributed by atoms with Crippen LogP contribution in [0.3, 0.4) is 0 Å². The average Bonchev–Trinajstić information content (AvgIpc) is 2.43. The van der Waals surface area contributed by atoms with Gasteiger partial charge in [0, 0.05) is 13.0 Å². The maximum absolute atomic E-state index is 13.3. The molecule has 2 N–H and O–H groups in total. The van der Waals surface area contributed by atoms with Crippen LogP contribution in [0.1, 0.15) is 44.7 Å². The number of amides is 1. The molecule has 1 amide bonds. The molecule has 0 heterocycles. The Morgan fingerprint density at radius 3 is 2.36 bits per heavy atom. The van der Waals surface area contributed by atoms with Crippen molar-refractivity contribution in [2.75, 3.05) is 13.6 Å². The van der Waals surface area contributed by atoms with Gasteiger partial charge in [-0.2, -0.15) is 13.2 Å². The van der Waals surface area contributed by atoms with Crippen molar-refractivity contribution in [3.63, 3.8) is 0 Å². The molecule has 144 valence electrons.